The van der Waals surface area contributed by atoms with E-state index in [4.69, 9.17) is 14.3 Å². The average molecular weight is 346 g/mol. The second-order valence-corrected chi connectivity index (χ2v) is 5.80. The smallest absolute Gasteiger partial charge is 0.260 e. The number of methoxy groups -OCH3 is 2. The molecule has 0 saturated heterocycles. The summed E-state index contributed by atoms with van der Waals surface area (Å²) in [6.45, 7) is 0.531. The summed E-state index contributed by atoms with van der Waals surface area (Å²) in [5.41, 5.74) is 2.15. The molecule has 0 fully saturated rings. The summed E-state index contributed by atoms with van der Waals surface area (Å²) in [6.07, 6.45) is 9.55. The molecule has 2 rings (SSSR count). The van der Waals surface area contributed by atoms with Crippen molar-refractivity contribution in [2.45, 2.75) is 32.1 Å². The zero-order chi connectivity index (χ0) is 17.9. The standard InChI is InChI=1S/C19H26N2O4/c1-23-17-10-6-9-16(19(17)24-2)13-21-25-14-18(22)20-12-11-15-7-4-3-5-8-15/h6-7,9-10,13H,3-5,8,11-12,14H2,1-2H3,(H,20,22)/b21-13-. The summed E-state index contributed by atoms with van der Waals surface area (Å²) >= 11 is 0. The maximum atomic E-state index is 11.7. The SMILES string of the molecule is COc1cccc(/C=N\OCC(=O)NCCC2=CCCCC2)c1OC. The van der Waals surface area contributed by atoms with Crippen molar-refractivity contribution in [3.8, 4) is 11.5 Å². The molecule has 1 aromatic carbocycles. The van der Waals surface area contributed by atoms with Crippen LogP contribution in [-0.4, -0.2) is 39.5 Å². The molecule has 1 aliphatic carbocycles. The normalized spacial score (nSPS) is 14.1. The second-order valence-electron chi connectivity index (χ2n) is 5.80. The fourth-order valence-corrected chi connectivity index (χ4v) is 2.75. The van der Waals surface area contributed by atoms with Crippen LogP contribution in [0, 0.1) is 0 Å². The molecule has 0 aromatic heterocycles. The first kappa shape index (κ1) is 18.8. The van der Waals surface area contributed by atoms with Gasteiger partial charge in [-0.25, -0.2) is 0 Å². The highest BCUT2D eigenvalue weighted by atomic mass is 16.6. The molecule has 0 atom stereocenters. The molecule has 0 heterocycles. The quantitative estimate of drug-likeness (QED) is 0.424. The number of rotatable bonds is 9. The molecule has 1 aromatic rings. The van der Waals surface area contributed by atoms with Gasteiger partial charge in [0, 0.05) is 12.1 Å². The number of carbonyl (C=O) groups is 1. The van der Waals surface area contributed by atoms with Gasteiger partial charge in [0.25, 0.3) is 5.91 Å². The number of amides is 1. The highest BCUT2D eigenvalue weighted by molar-refractivity contribution is 5.84. The first-order chi connectivity index (χ1) is 12.2. The first-order valence-electron chi connectivity index (χ1n) is 8.55. The maximum absolute atomic E-state index is 11.7. The van der Waals surface area contributed by atoms with Crippen LogP contribution in [0.15, 0.2) is 35.0 Å². The molecule has 0 saturated carbocycles. The van der Waals surface area contributed by atoms with E-state index in [1.165, 1.54) is 24.6 Å². The topological polar surface area (TPSA) is 69.2 Å². The van der Waals surface area contributed by atoms with Crippen molar-refractivity contribution < 1.29 is 19.1 Å². The minimum Gasteiger partial charge on any atom is -0.493 e. The van der Waals surface area contributed by atoms with Gasteiger partial charge in [-0.1, -0.05) is 22.9 Å². The van der Waals surface area contributed by atoms with Crippen molar-refractivity contribution in [3.63, 3.8) is 0 Å². The van der Waals surface area contributed by atoms with Crippen LogP contribution in [0.5, 0.6) is 11.5 Å². The number of nitrogens with one attached hydrogen (secondary N) is 1. The van der Waals surface area contributed by atoms with Gasteiger partial charge in [-0.3, -0.25) is 4.79 Å². The molecule has 0 aliphatic heterocycles. The molecule has 0 radical (unpaired) electrons. The van der Waals surface area contributed by atoms with E-state index in [1.807, 2.05) is 12.1 Å². The number of hydrogen-bond donors (Lipinski definition) is 1. The molecular weight excluding hydrogens is 320 g/mol. The fourth-order valence-electron chi connectivity index (χ4n) is 2.75. The lowest BCUT2D eigenvalue weighted by molar-refractivity contribution is -0.125. The highest BCUT2D eigenvalue weighted by Gasteiger charge is 2.08. The van der Waals surface area contributed by atoms with E-state index in [0.717, 1.165) is 19.3 Å². The summed E-state index contributed by atoms with van der Waals surface area (Å²) in [6, 6.07) is 5.45. The largest absolute Gasteiger partial charge is 0.493 e. The van der Waals surface area contributed by atoms with E-state index >= 15 is 0 Å². The van der Waals surface area contributed by atoms with Crippen molar-refractivity contribution in [1.82, 2.24) is 5.32 Å². The van der Waals surface area contributed by atoms with Crippen molar-refractivity contribution in [2.24, 2.45) is 5.16 Å². The van der Waals surface area contributed by atoms with Crippen LogP contribution in [0.3, 0.4) is 0 Å². The number of allylic oxidation sites excluding steroid dienone is 1. The minimum atomic E-state index is -0.175. The molecular formula is C19H26N2O4. The molecule has 0 spiro atoms. The monoisotopic (exact) mass is 346 g/mol. The van der Waals surface area contributed by atoms with E-state index in [1.54, 1.807) is 20.3 Å². The Balaban J connectivity index is 1.72. The summed E-state index contributed by atoms with van der Waals surface area (Å²) in [5.74, 6) is 1.01. The molecule has 6 nitrogen and oxygen atoms in total. The third-order valence-electron chi connectivity index (χ3n) is 4.05. The van der Waals surface area contributed by atoms with Crippen molar-refractivity contribution in [3.05, 3.63) is 35.4 Å². The zero-order valence-corrected chi connectivity index (χ0v) is 14.9. The predicted octanol–water partition coefficient (Wildman–Crippen LogP) is 3.06. The molecule has 1 aliphatic rings. The Kier molecular flexibility index (Phi) is 7.82. The second kappa shape index (κ2) is 10.4. The van der Waals surface area contributed by atoms with Gasteiger partial charge in [0.1, 0.15) is 0 Å². The van der Waals surface area contributed by atoms with Crippen LogP contribution in [0.2, 0.25) is 0 Å². The van der Waals surface area contributed by atoms with Crippen LogP contribution in [0.4, 0.5) is 0 Å². The third kappa shape index (κ3) is 6.14. The number of carbonyl (C=O) groups excluding carboxylic acids is 1. The minimum absolute atomic E-state index is 0.109. The molecule has 6 heteroatoms. The highest BCUT2D eigenvalue weighted by Crippen LogP contribution is 2.29. The number of para-hydroxylation sites is 1. The Labute approximate surface area is 148 Å². The van der Waals surface area contributed by atoms with Gasteiger partial charge in [-0.05, 0) is 44.2 Å². The van der Waals surface area contributed by atoms with Crippen LogP contribution in [-0.2, 0) is 9.63 Å². The first-order valence-corrected chi connectivity index (χ1v) is 8.55. The maximum Gasteiger partial charge on any atom is 0.260 e. The summed E-state index contributed by atoms with van der Waals surface area (Å²) in [7, 11) is 3.13. The van der Waals surface area contributed by atoms with Gasteiger partial charge in [0.05, 0.1) is 20.4 Å². The molecule has 0 unspecified atom stereocenters. The van der Waals surface area contributed by atoms with Crippen LogP contribution < -0.4 is 14.8 Å². The van der Waals surface area contributed by atoms with Crippen LogP contribution in [0.1, 0.15) is 37.7 Å². The third-order valence-corrected chi connectivity index (χ3v) is 4.05. The van der Waals surface area contributed by atoms with Gasteiger partial charge in [0.2, 0.25) is 0 Å². The Morgan fingerprint density at radius 1 is 1.28 bits per heavy atom. The Bertz CT molecular complexity index is 626. The lowest BCUT2D eigenvalue weighted by Gasteiger charge is -2.12. The average Bonchev–Trinajstić information content (AvgIpc) is 2.65. The Hall–Kier alpha value is -2.50. The fraction of sp³-hybridized carbons (Fsp3) is 0.474. The lowest BCUT2D eigenvalue weighted by atomic mass is 9.97. The van der Waals surface area contributed by atoms with Crippen molar-refractivity contribution >= 4 is 12.1 Å². The van der Waals surface area contributed by atoms with Crippen LogP contribution >= 0.6 is 0 Å². The van der Waals surface area contributed by atoms with Gasteiger partial charge < -0.3 is 19.6 Å². The van der Waals surface area contributed by atoms with E-state index in [-0.39, 0.29) is 12.5 Å². The molecule has 0 bridgehead atoms. The molecule has 1 amide bonds. The van der Waals surface area contributed by atoms with Gasteiger partial charge in [-0.2, -0.15) is 0 Å². The van der Waals surface area contributed by atoms with Crippen molar-refractivity contribution in [2.75, 3.05) is 27.4 Å². The van der Waals surface area contributed by atoms with Gasteiger partial charge in [-0.15, -0.1) is 0 Å². The van der Waals surface area contributed by atoms with Crippen LogP contribution in [0.25, 0.3) is 0 Å². The van der Waals surface area contributed by atoms with E-state index in [9.17, 15) is 4.79 Å². The van der Waals surface area contributed by atoms with Gasteiger partial charge in [0.15, 0.2) is 18.1 Å². The summed E-state index contributed by atoms with van der Waals surface area (Å²) in [5, 5.41) is 6.68. The summed E-state index contributed by atoms with van der Waals surface area (Å²) in [4.78, 5) is 16.8. The van der Waals surface area contributed by atoms with E-state index in [0.29, 0.717) is 23.6 Å². The number of ether oxygens (including phenoxy) is 2. The van der Waals surface area contributed by atoms with E-state index in [2.05, 4.69) is 16.5 Å². The Morgan fingerprint density at radius 2 is 2.16 bits per heavy atom. The molecule has 25 heavy (non-hydrogen) atoms. The Morgan fingerprint density at radius 3 is 2.88 bits per heavy atom. The molecule has 136 valence electrons. The number of benzene rings is 1. The van der Waals surface area contributed by atoms with Crippen molar-refractivity contribution in [1.29, 1.82) is 0 Å². The number of nitrogens with zero attached hydrogens (tertiary/aromatic N) is 1. The number of hydrogen-bond acceptors (Lipinski definition) is 5. The van der Waals surface area contributed by atoms with E-state index < -0.39 is 0 Å². The van der Waals surface area contributed by atoms with Gasteiger partial charge >= 0.3 is 0 Å². The lowest BCUT2D eigenvalue weighted by Crippen LogP contribution is -2.28. The molecule has 1 N–H and O–H groups in total. The number of oxime groups is 1. The summed E-state index contributed by atoms with van der Waals surface area (Å²) < 4.78 is 10.5. The zero-order valence-electron chi connectivity index (χ0n) is 14.9. The predicted molar refractivity (Wildman–Crippen MR) is 97.3 cm³/mol.